The number of benzene rings is 2. The van der Waals surface area contributed by atoms with Gasteiger partial charge in [0.1, 0.15) is 5.75 Å². The Balaban J connectivity index is 2.14. The molecule has 0 saturated heterocycles. The first-order valence-electron chi connectivity index (χ1n) is 6.48. The van der Waals surface area contributed by atoms with Gasteiger partial charge in [-0.25, -0.2) is 8.42 Å². The van der Waals surface area contributed by atoms with Gasteiger partial charge in [-0.1, -0.05) is 18.2 Å². The maximum absolute atomic E-state index is 12.1. The number of sulfonamides is 1. The topological polar surface area (TPSA) is 95.5 Å². The van der Waals surface area contributed by atoms with Gasteiger partial charge in [0.15, 0.2) is 0 Å². The number of hydrogen-bond acceptors (Lipinski definition) is 4. The van der Waals surface area contributed by atoms with Gasteiger partial charge in [-0.3, -0.25) is 10.2 Å². The van der Waals surface area contributed by atoms with Crippen LogP contribution in [0.4, 0.5) is 0 Å². The van der Waals surface area contributed by atoms with Gasteiger partial charge in [0.25, 0.3) is 15.9 Å². The minimum Gasteiger partial charge on any atom is -0.507 e. The predicted molar refractivity (Wildman–Crippen MR) is 81.8 cm³/mol. The lowest BCUT2D eigenvalue weighted by Crippen LogP contribution is -2.41. The Kier molecular flexibility index (Phi) is 4.48. The monoisotopic (exact) mass is 320 g/mol. The quantitative estimate of drug-likeness (QED) is 0.746. The first-order chi connectivity index (χ1) is 10.3. The number of nitrogens with one attached hydrogen (secondary N) is 2. The molecule has 2 aromatic carbocycles. The number of phenolic OH excluding ortho intramolecular Hbond substituents is 1. The lowest BCUT2D eigenvalue weighted by atomic mass is 10.1. The van der Waals surface area contributed by atoms with Gasteiger partial charge in [-0.05, 0) is 49.2 Å². The molecule has 0 aromatic heterocycles. The van der Waals surface area contributed by atoms with Crippen molar-refractivity contribution in [2.75, 3.05) is 0 Å². The SMILES string of the molecule is Cc1ccc(S(=O)(=O)NNC(=O)c2ccccc2O)cc1C. The van der Waals surface area contributed by atoms with E-state index in [0.29, 0.717) is 0 Å². The van der Waals surface area contributed by atoms with Crippen molar-refractivity contribution < 1.29 is 18.3 Å². The lowest BCUT2D eigenvalue weighted by molar-refractivity contribution is 0.0942. The van der Waals surface area contributed by atoms with Crippen molar-refractivity contribution in [1.29, 1.82) is 0 Å². The molecule has 2 rings (SSSR count). The smallest absolute Gasteiger partial charge is 0.269 e. The van der Waals surface area contributed by atoms with E-state index < -0.39 is 15.9 Å². The molecule has 22 heavy (non-hydrogen) atoms. The van der Waals surface area contributed by atoms with Crippen LogP contribution in [-0.2, 0) is 10.0 Å². The van der Waals surface area contributed by atoms with E-state index in [1.807, 2.05) is 11.8 Å². The Morgan fingerprint density at radius 3 is 2.36 bits per heavy atom. The van der Waals surface area contributed by atoms with Crippen LogP contribution in [0.5, 0.6) is 5.75 Å². The van der Waals surface area contributed by atoms with Crippen molar-refractivity contribution in [3.05, 3.63) is 59.2 Å². The third-order valence-electron chi connectivity index (χ3n) is 3.24. The van der Waals surface area contributed by atoms with Crippen LogP contribution >= 0.6 is 0 Å². The standard InChI is InChI=1S/C15H16N2O4S/c1-10-7-8-12(9-11(10)2)22(20,21)17-16-15(19)13-5-3-4-6-14(13)18/h3-9,17-18H,1-2H3,(H,16,19). The molecule has 0 aliphatic rings. The largest absolute Gasteiger partial charge is 0.507 e. The second-order valence-corrected chi connectivity index (χ2v) is 6.51. The summed E-state index contributed by atoms with van der Waals surface area (Å²) >= 11 is 0. The zero-order valence-corrected chi connectivity index (χ0v) is 12.9. The van der Waals surface area contributed by atoms with Crippen LogP contribution in [0.2, 0.25) is 0 Å². The second kappa shape index (κ2) is 6.17. The molecule has 1 amide bonds. The fourth-order valence-corrected chi connectivity index (χ4v) is 2.71. The summed E-state index contributed by atoms with van der Waals surface area (Å²) in [6.45, 7) is 3.67. The molecule has 0 bridgehead atoms. The zero-order chi connectivity index (χ0) is 16.3. The van der Waals surface area contributed by atoms with Gasteiger partial charge in [-0.2, -0.15) is 0 Å². The van der Waals surface area contributed by atoms with Crippen LogP contribution in [-0.4, -0.2) is 19.4 Å². The van der Waals surface area contributed by atoms with Crippen molar-refractivity contribution in [1.82, 2.24) is 10.3 Å². The molecule has 0 heterocycles. The average molecular weight is 320 g/mol. The highest BCUT2D eigenvalue weighted by Gasteiger charge is 2.17. The molecule has 6 nitrogen and oxygen atoms in total. The Bertz CT molecular complexity index is 816. The summed E-state index contributed by atoms with van der Waals surface area (Å²) in [5.41, 5.74) is 3.85. The van der Waals surface area contributed by atoms with Gasteiger partial charge < -0.3 is 5.11 Å². The summed E-state index contributed by atoms with van der Waals surface area (Å²) < 4.78 is 24.3. The number of hydrazine groups is 1. The normalized spacial score (nSPS) is 11.2. The second-order valence-electron chi connectivity index (χ2n) is 4.82. The minimum atomic E-state index is -3.88. The number of aromatic hydroxyl groups is 1. The van der Waals surface area contributed by atoms with Crippen LogP contribution in [0, 0.1) is 13.8 Å². The summed E-state index contributed by atoms with van der Waals surface area (Å²) in [4.78, 5) is 13.9. The zero-order valence-electron chi connectivity index (χ0n) is 12.1. The van der Waals surface area contributed by atoms with Crippen molar-refractivity contribution in [2.45, 2.75) is 18.7 Å². The number of aryl methyl sites for hydroxylation is 2. The third-order valence-corrected chi connectivity index (χ3v) is 4.48. The van der Waals surface area contributed by atoms with E-state index in [1.165, 1.54) is 24.3 Å². The van der Waals surface area contributed by atoms with E-state index in [0.717, 1.165) is 11.1 Å². The molecule has 0 saturated carbocycles. The molecule has 0 aliphatic heterocycles. The van der Waals surface area contributed by atoms with Crippen LogP contribution in [0.1, 0.15) is 21.5 Å². The van der Waals surface area contributed by atoms with E-state index in [2.05, 4.69) is 5.43 Å². The van der Waals surface area contributed by atoms with Crippen LogP contribution < -0.4 is 10.3 Å². The first kappa shape index (κ1) is 16.0. The molecule has 3 N–H and O–H groups in total. The number of amides is 1. The summed E-state index contributed by atoms with van der Waals surface area (Å²) in [7, 11) is -3.88. The van der Waals surface area contributed by atoms with Crippen molar-refractivity contribution in [3.63, 3.8) is 0 Å². The van der Waals surface area contributed by atoms with Crippen molar-refractivity contribution in [2.24, 2.45) is 0 Å². The molecule has 116 valence electrons. The number of hydrogen-bond donors (Lipinski definition) is 3. The molecule has 2 aromatic rings. The van der Waals surface area contributed by atoms with E-state index in [-0.39, 0.29) is 16.2 Å². The van der Waals surface area contributed by atoms with Gasteiger partial charge in [0.2, 0.25) is 0 Å². The fourth-order valence-electron chi connectivity index (χ4n) is 1.79. The van der Waals surface area contributed by atoms with Crippen molar-refractivity contribution in [3.8, 4) is 5.75 Å². The highest BCUT2D eigenvalue weighted by molar-refractivity contribution is 7.89. The van der Waals surface area contributed by atoms with E-state index in [1.54, 1.807) is 25.1 Å². The molecule has 0 radical (unpaired) electrons. The third kappa shape index (κ3) is 3.44. The highest BCUT2D eigenvalue weighted by Crippen LogP contribution is 2.16. The van der Waals surface area contributed by atoms with Crippen LogP contribution in [0.3, 0.4) is 0 Å². The maximum atomic E-state index is 12.1. The lowest BCUT2D eigenvalue weighted by Gasteiger charge is -2.10. The van der Waals surface area contributed by atoms with Gasteiger partial charge in [-0.15, -0.1) is 4.83 Å². The summed E-state index contributed by atoms with van der Waals surface area (Å²) in [5, 5.41) is 9.56. The predicted octanol–water partition coefficient (Wildman–Crippen LogP) is 1.63. The number of rotatable bonds is 4. The molecule has 0 aliphatic carbocycles. The van der Waals surface area contributed by atoms with E-state index in [4.69, 9.17) is 0 Å². The van der Waals surface area contributed by atoms with E-state index >= 15 is 0 Å². The van der Waals surface area contributed by atoms with Crippen LogP contribution in [0.25, 0.3) is 0 Å². The number of phenols is 1. The van der Waals surface area contributed by atoms with Crippen molar-refractivity contribution >= 4 is 15.9 Å². The average Bonchev–Trinajstić information content (AvgIpc) is 2.48. The molecule has 0 unspecified atom stereocenters. The minimum absolute atomic E-state index is 0.0229. The maximum Gasteiger partial charge on any atom is 0.269 e. The number of carbonyl (C=O) groups is 1. The van der Waals surface area contributed by atoms with Gasteiger partial charge >= 0.3 is 0 Å². The van der Waals surface area contributed by atoms with Crippen LogP contribution in [0.15, 0.2) is 47.4 Å². The molecular formula is C15H16N2O4S. The summed E-state index contributed by atoms with van der Waals surface area (Å²) in [6, 6.07) is 10.5. The molecular weight excluding hydrogens is 304 g/mol. The first-order valence-corrected chi connectivity index (χ1v) is 7.97. The Labute approximate surface area is 128 Å². The summed E-state index contributed by atoms with van der Waals surface area (Å²) in [5.74, 6) is -0.976. The fraction of sp³-hybridized carbons (Fsp3) is 0.133. The molecule has 0 atom stereocenters. The Morgan fingerprint density at radius 1 is 1.05 bits per heavy atom. The molecule has 7 heteroatoms. The molecule has 0 spiro atoms. The Morgan fingerprint density at radius 2 is 1.73 bits per heavy atom. The number of carbonyl (C=O) groups excluding carboxylic acids is 1. The highest BCUT2D eigenvalue weighted by atomic mass is 32.2. The molecule has 0 fully saturated rings. The summed E-state index contributed by atoms with van der Waals surface area (Å²) in [6.07, 6.45) is 0. The van der Waals surface area contributed by atoms with E-state index in [9.17, 15) is 18.3 Å². The van der Waals surface area contributed by atoms with Gasteiger partial charge in [0.05, 0.1) is 10.5 Å². The Hall–Kier alpha value is -2.38. The number of para-hydroxylation sites is 1. The van der Waals surface area contributed by atoms with Gasteiger partial charge in [0, 0.05) is 0 Å².